The van der Waals surface area contributed by atoms with Crippen molar-refractivity contribution in [2.75, 3.05) is 0 Å². The quantitative estimate of drug-likeness (QED) is 0.323. The van der Waals surface area contributed by atoms with E-state index in [1.54, 1.807) is 11.1 Å². The highest BCUT2D eigenvalue weighted by atomic mass is 16.7. The highest BCUT2D eigenvalue weighted by molar-refractivity contribution is 6.62. The van der Waals surface area contributed by atoms with Crippen LogP contribution in [0.5, 0.6) is 0 Å². The molecule has 3 aliphatic carbocycles. The number of unbranched alkanes of at least 4 members (excludes halogenated alkanes) is 1. The van der Waals surface area contributed by atoms with Gasteiger partial charge in [-0.1, -0.05) is 56.7 Å². The second-order valence-electron chi connectivity index (χ2n) is 13.4. The lowest BCUT2D eigenvalue weighted by atomic mass is 9.54. The zero-order valence-corrected chi connectivity index (χ0v) is 23.9. The predicted molar refractivity (Wildman–Crippen MR) is 156 cm³/mol. The summed E-state index contributed by atoms with van der Waals surface area (Å²) in [5.41, 5.74) is 10.9. The lowest BCUT2D eigenvalue weighted by Crippen LogP contribution is -2.41. The molecule has 4 aliphatic rings. The van der Waals surface area contributed by atoms with Gasteiger partial charge in [-0.25, -0.2) is 0 Å². The summed E-state index contributed by atoms with van der Waals surface area (Å²) in [6.07, 6.45) is 9.61. The fourth-order valence-electron chi connectivity index (χ4n) is 7.88. The van der Waals surface area contributed by atoms with Crippen LogP contribution in [0.2, 0.25) is 0 Å². The molecule has 0 N–H and O–H groups in total. The van der Waals surface area contributed by atoms with E-state index >= 15 is 0 Å². The molecule has 1 unspecified atom stereocenters. The standard InChI is InChI=1S/C34H40BNO2/c1-7-9-10-22-11-14-25-26-15-12-23(18-28(26)34-21-33(34,8-2)19-29(34)27(25)17-22)30-16-13-24(20-36-30)35-37-31(3,4)32(5,6)38-35/h11-18,20,29H,7-10,19,21H2,1-6H3/t29-,33?,34-/m1/s1. The first kappa shape index (κ1) is 24.6. The Hall–Kier alpha value is -2.43. The zero-order chi connectivity index (χ0) is 26.5. The van der Waals surface area contributed by atoms with E-state index in [1.165, 1.54) is 60.8 Å². The molecule has 1 aliphatic heterocycles. The number of nitrogens with zero attached hydrogens (tertiary/aromatic N) is 1. The highest BCUT2D eigenvalue weighted by Crippen LogP contribution is 2.86. The number of hydrogen-bond acceptors (Lipinski definition) is 3. The Morgan fingerprint density at radius 2 is 1.68 bits per heavy atom. The summed E-state index contributed by atoms with van der Waals surface area (Å²) in [7, 11) is -0.380. The largest absolute Gasteiger partial charge is 0.496 e. The number of benzene rings is 2. The van der Waals surface area contributed by atoms with Gasteiger partial charge in [-0.05, 0) is 111 Å². The molecule has 0 amide bonds. The molecule has 3 aromatic rings. The van der Waals surface area contributed by atoms with Crippen LogP contribution in [-0.2, 0) is 21.1 Å². The number of rotatable bonds is 6. The fourth-order valence-corrected chi connectivity index (χ4v) is 7.88. The second-order valence-corrected chi connectivity index (χ2v) is 13.4. The van der Waals surface area contributed by atoms with Crippen molar-refractivity contribution in [3.63, 3.8) is 0 Å². The molecule has 4 heteroatoms. The summed E-state index contributed by atoms with van der Waals surface area (Å²) in [5, 5.41) is 0. The van der Waals surface area contributed by atoms with Crippen molar-refractivity contribution in [1.82, 2.24) is 4.98 Å². The molecule has 0 radical (unpaired) electrons. The molecular weight excluding hydrogens is 465 g/mol. The molecule has 2 heterocycles. The molecular formula is C34H40BNO2. The van der Waals surface area contributed by atoms with Crippen molar-refractivity contribution in [3.8, 4) is 22.4 Å². The topological polar surface area (TPSA) is 31.4 Å². The van der Waals surface area contributed by atoms with Crippen molar-refractivity contribution in [3.05, 3.63) is 71.4 Å². The van der Waals surface area contributed by atoms with Gasteiger partial charge in [0.1, 0.15) is 0 Å². The Bertz CT molecular complexity index is 1410. The number of aryl methyl sites for hydroxylation is 1. The Kier molecular flexibility index (Phi) is 5.21. The van der Waals surface area contributed by atoms with E-state index < -0.39 is 0 Å². The normalized spacial score (nSPS) is 29.1. The van der Waals surface area contributed by atoms with Gasteiger partial charge in [0.2, 0.25) is 0 Å². The molecule has 196 valence electrons. The van der Waals surface area contributed by atoms with E-state index in [9.17, 15) is 0 Å². The van der Waals surface area contributed by atoms with Crippen LogP contribution in [0, 0.1) is 5.41 Å². The number of aromatic nitrogens is 1. The van der Waals surface area contributed by atoms with Crippen LogP contribution in [0.25, 0.3) is 22.4 Å². The van der Waals surface area contributed by atoms with Crippen LogP contribution in [0.4, 0.5) is 0 Å². The lowest BCUT2D eigenvalue weighted by Gasteiger charge is -2.49. The third-order valence-electron chi connectivity index (χ3n) is 11.0. The van der Waals surface area contributed by atoms with Gasteiger partial charge in [0.05, 0.1) is 16.9 Å². The van der Waals surface area contributed by atoms with Crippen LogP contribution in [0.3, 0.4) is 0 Å². The maximum absolute atomic E-state index is 6.25. The van der Waals surface area contributed by atoms with Crippen molar-refractivity contribution in [1.29, 1.82) is 0 Å². The maximum Gasteiger partial charge on any atom is 0.496 e. The first-order valence-electron chi connectivity index (χ1n) is 14.7. The van der Waals surface area contributed by atoms with Gasteiger partial charge in [-0.3, -0.25) is 4.98 Å². The second kappa shape index (κ2) is 8.05. The Labute approximate surface area is 228 Å². The van der Waals surface area contributed by atoms with E-state index in [2.05, 4.69) is 90.1 Å². The number of hydrogen-bond donors (Lipinski definition) is 0. The van der Waals surface area contributed by atoms with Crippen LogP contribution < -0.4 is 5.46 Å². The number of pyridine rings is 1. The van der Waals surface area contributed by atoms with Gasteiger partial charge < -0.3 is 9.31 Å². The zero-order valence-electron chi connectivity index (χ0n) is 23.9. The molecule has 3 fully saturated rings. The average Bonchev–Trinajstić information content (AvgIpc) is 3.31. The molecule has 2 aromatic carbocycles. The fraction of sp³-hybridized carbons (Fsp3) is 0.500. The summed E-state index contributed by atoms with van der Waals surface area (Å²) >= 11 is 0. The highest BCUT2D eigenvalue weighted by Gasteiger charge is 2.79. The molecule has 7 rings (SSSR count). The molecule has 1 aromatic heterocycles. The minimum absolute atomic E-state index is 0.326. The summed E-state index contributed by atoms with van der Waals surface area (Å²) in [4.78, 5) is 4.90. The summed E-state index contributed by atoms with van der Waals surface area (Å²) in [6.45, 7) is 13.0. The van der Waals surface area contributed by atoms with Gasteiger partial charge in [0, 0.05) is 22.6 Å². The van der Waals surface area contributed by atoms with Crippen LogP contribution in [-0.4, -0.2) is 23.3 Å². The minimum Gasteiger partial charge on any atom is -0.399 e. The lowest BCUT2D eigenvalue weighted by molar-refractivity contribution is 0.00578. The third-order valence-corrected chi connectivity index (χ3v) is 11.0. The van der Waals surface area contributed by atoms with E-state index in [-0.39, 0.29) is 18.3 Å². The molecule has 3 nitrogen and oxygen atoms in total. The molecule has 0 bridgehead atoms. The van der Waals surface area contributed by atoms with Crippen LogP contribution in [0.1, 0.15) is 96.3 Å². The van der Waals surface area contributed by atoms with E-state index in [0.29, 0.717) is 16.7 Å². The van der Waals surface area contributed by atoms with E-state index in [0.717, 1.165) is 11.2 Å². The molecule has 3 atom stereocenters. The summed E-state index contributed by atoms with van der Waals surface area (Å²) in [5.74, 6) is 0.667. The first-order valence-corrected chi connectivity index (χ1v) is 14.7. The van der Waals surface area contributed by atoms with E-state index in [1.807, 2.05) is 6.20 Å². The Morgan fingerprint density at radius 3 is 2.34 bits per heavy atom. The van der Waals surface area contributed by atoms with Crippen LogP contribution in [0.15, 0.2) is 54.7 Å². The van der Waals surface area contributed by atoms with Gasteiger partial charge >= 0.3 is 7.12 Å². The Morgan fingerprint density at radius 1 is 0.921 bits per heavy atom. The predicted octanol–water partition coefficient (Wildman–Crippen LogP) is 7.60. The SMILES string of the molecule is CCCCc1ccc2c(c1)[C@H]1CC3(CC)C[C@@]13c1cc(-c3ccc(B4OC(C)(C)C(C)(C)O4)cn3)ccc1-2. The van der Waals surface area contributed by atoms with Gasteiger partial charge in [0.25, 0.3) is 0 Å². The first-order chi connectivity index (χ1) is 18.1. The Balaban J connectivity index is 1.24. The average molecular weight is 506 g/mol. The monoisotopic (exact) mass is 505 g/mol. The van der Waals surface area contributed by atoms with Crippen molar-refractivity contribution in [2.45, 2.75) is 103 Å². The summed E-state index contributed by atoms with van der Waals surface area (Å²) < 4.78 is 12.5. The summed E-state index contributed by atoms with van der Waals surface area (Å²) in [6, 6.07) is 18.7. The van der Waals surface area contributed by atoms with Crippen molar-refractivity contribution >= 4 is 12.6 Å². The minimum atomic E-state index is -0.380. The smallest absolute Gasteiger partial charge is 0.399 e. The van der Waals surface area contributed by atoms with Crippen LogP contribution >= 0.6 is 0 Å². The molecule has 1 spiro atoms. The van der Waals surface area contributed by atoms with E-state index in [4.69, 9.17) is 14.3 Å². The molecule has 38 heavy (non-hydrogen) atoms. The number of fused-ring (bicyclic) bond motifs is 4. The van der Waals surface area contributed by atoms with Gasteiger partial charge in [0.15, 0.2) is 0 Å². The van der Waals surface area contributed by atoms with Gasteiger partial charge in [-0.2, -0.15) is 0 Å². The van der Waals surface area contributed by atoms with Gasteiger partial charge in [-0.15, -0.1) is 0 Å². The maximum atomic E-state index is 6.25. The third kappa shape index (κ3) is 3.20. The molecule has 2 saturated carbocycles. The van der Waals surface area contributed by atoms with Crippen molar-refractivity contribution < 1.29 is 9.31 Å². The van der Waals surface area contributed by atoms with Crippen molar-refractivity contribution in [2.24, 2.45) is 5.41 Å². The molecule has 1 saturated heterocycles.